The molecule has 0 spiro atoms. The Kier molecular flexibility index (Phi) is 6.04. The Hall–Kier alpha value is -2.26. The number of rotatable bonds is 4. The highest BCUT2D eigenvalue weighted by atomic mass is 32.1. The number of hydrogen-bond donors (Lipinski definition) is 2. The first kappa shape index (κ1) is 18.1. The Bertz CT molecular complexity index is 644. The number of amides is 1. The minimum atomic E-state index is -0.425. The zero-order valence-corrected chi connectivity index (χ0v) is 14.4. The van der Waals surface area contributed by atoms with Crippen LogP contribution in [0.15, 0.2) is 18.2 Å². The maximum Gasteiger partial charge on any atom is 0.294 e. The van der Waals surface area contributed by atoms with Crippen molar-refractivity contribution in [3.05, 3.63) is 28.3 Å². The van der Waals surface area contributed by atoms with Gasteiger partial charge in [0.2, 0.25) is 5.91 Å². The van der Waals surface area contributed by atoms with Crippen molar-refractivity contribution in [2.75, 3.05) is 36.5 Å². The fourth-order valence-electron chi connectivity index (χ4n) is 2.24. The van der Waals surface area contributed by atoms with Gasteiger partial charge >= 0.3 is 0 Å². The molecule has 130 valence electrons. The Balaban J connectivity index is 2.14. The van der Waals surface area contributed by atoms with Crippen molar-refractivity contribution < 1.29 is 14.5 Å². The van der Waals surface area contributed by atoms with Crippen LogP contribution in [-0.4, -0.2) is 42.2 Å². The predicted molar refractivity (Wildman–Crippen MR) is 95.3 cm³/mol. The van der Waals surface area contributed by atoms with E-state index in [0.717, 1.165) is 0 Å². The van der Waals surface area contributed by atoms with Crippen molar-refractivity contribution in [2.24, 2.45) is 5.92 Å². The van der Waals surface area contributed by atoms with E-state index in [1.165, 1.54) is 6.07 Å². The molecule has 8 nitrogen and oxygen atoms in total. The molecule has 0 atom stereocenters. The number of nitrogens with one attached hydrogen (secondary N) is 2. The first-order valence-corrected chi connectivity index (χ1v) is 8.02. The van der Waals surface area contributed by atoms with E-state index >= 15 is 0 Å². The molecule has 24 heavy (non-hydrogen) atoms. The third-order valence-corrected chi connectivity index (χ3v) is 3.75. The van der Waals surface area contributed by atoms with Gasteiger partial charge in [0.05, 0.1) is 18.1 Å². The maximum atomic E-state index is 11.6. The third kappa shape index (κ3) is 4.62. The summed E-state index contributed by atoms with van der Waals surface area (Å²) in [5, 5.41) is 16.8. The molecule has 0 unspecified atom stereocenters. The van der Waals surface area contributed by atoms with Gasteiger partial charge in [-0.3, -0.25) is 14.9 Å². The van der Waals surface area contributed by atoms with Gasteiger partial charge in [0.25, 0.3) is 5.69 Å². The van der Waals surface area contributed by atoms with E-state index in [0.29, 0.717) is 37.7 Å². The van der Waals surface area contributed by atoms with Crippen molar-refractivity contribution in [3.8, 4) is 0 Å². The molecule has 1 heterocycles. The quantitative estimate of drug-likeness (QED) is 0.485. The van der Waals surface area contributed by atoms with Crippen molar-refractivity contribution in [2.45, 2.75) is 13.8 Å². The van der Waals surface area contributed by atoms with Crippen molar-refractivity contribution in [3.63, 3.8) is 0 Å². The highest BCUT2D eigenvalue weighted by Gasteiger charge is 2.22. The molecule has 0 bridgehead atoms. The van der Waals surface area contributed by atoms with Crippen molar-refractivity contribution in [1.82, 2.24) is 5.32 Å². The minimum Gasteiger partial charge on any atom is -0.378 e. The second kappa shape index (κ2) is 8.02. The Morgan fingerprint density at radius 2 is 2.04 bits per heavy atom. The summed E-state index contributed by atoms with van der Waals surface area (Å²) in [6.45, 7) is 5.80. The van der Waals surface area contributed by atoms with Crippen LogP contribution in [0.1, 0.15) is 13.8 Å². The summed E-state index contributed by atoms with van der Waals surface area (Å²) in [4.78, 5) is 24.5. The van der Waals surface area contributed by atoms with Gasteiger partial charge in [0.15, 0.2) is 5.11 Å². The maximum absolute atomic E-state index is 11.6. The number of morpholine rings is 1. The van der Waals surface area contributed by atoms with Crippen LogP contribution in [0, 0.1) is 16.0 Å². The van der Waals surface area contributed by atoms with Crippen molar-refractivity contribution >= 4 is 40.3 Å². The molecule has 0 radical (unpaired) electrons. The van der Waals surface area contributed by atoms with Crippen LogP contribution >= 0.6 is 12.2 Å². The minimum absolute atomic E-state index is 0.0140. The van der Waals surface area contributed by atoms with Gasteiger partial charge in [0, 0.05) is 30.8 Å². The lowest BCUT2D eigenvalue weighted by Crippen LogP contribution is -2.37. The number of hydrogen-bond acceptors (Lipinski definition) is 6. The number of anilines is 2. The topological polar surface area (TPSA) is 96.7 Å². The van der Waals surface area contributed by atoms with Crippen LogP contribution in [-0.2, 0) is 9.53 Å². The van der Waals surface area contributed by atoms with Crippen LogP contribution in [0.3, 0.4) is 0 Å². The highest BCUT2D eigenvalue weighted by Crippen LogP contribution is 2.31. The number of ether oxygens (including phenoxy) is 1. The van der Waals surface area contributed by atoms with E-state index in [-0.39, 0.29) is 22.6 Å². The molecule has 1 saturated heterocycles. The molecule has 1 aromatic rings. The Morgan fingerprint density at radius 1 is 1.38 bits per heavy atom. The summed E-state index contributed by atoms with van der Waals surface area (Å²) in [5.41, 5.74) is 0.985. The lowest BCUT2D eigenvalue weighted by molar-refractivity contribution is -0.384. The molecule has 0 aromatic heterocycles. The third-order valence-electron chi connectivity index (χ3n) is 3.54. The number of benzene rings is 1. The summed E-state index contributed by atoms with van der Waals surface area (Å²) < 4.78 is 5.27. The molecule has 1 aliphatic heterocycles. The van der Waals surface area contributed by atoms with E-state index < -0.39 is 4.92 Å². The predicted octanol–water partition coefficient (Wildman–Crippen LogP) is 1.90. The van der Waals surface area contributed by atoms with Gasteiger partial charge in [-0.1, -0.05) is 13.8 Å². The molecule has 1 aromatic carbocycles. The summed E-state index contributed by atoms with van der Waals surface area (Å²) in [5.74, 6) is -0.422. The van der Waals surface area contributed by atoms with Crippen LogP contribution in [0.25, 0.3) is 0 Å². The second-order valence-corrected chi connectivity index (χ2v) is 6.07. The summed E-state index contributed by atoms with van der Waals surface area (Å²) in [6, 6.07) is 4.79. The van der Waals surface area contributed by atoms with E-state index in [1.54, 1.807) is 26.0 Å². The summed E-state index contributed by atoms with van der Waals surface area (Å²) in [7, 11) is 0. The van der Waals surface area contributed by atoms with Crippen molar-refractivity contribution in [1.29, 1.82) is 0 Å². The molecular formula is C15H20N4O4S. The van der Waals surface area contributed by atoms with Crippen LogP contribution in [0.5, 0.6) is 0 Å². The largest absolute Gasteiger partial charge is 0.378 e. The van der Waals surface area contributed by atoms with Gasteiger partial charge in [-0.05, 0) is 24.4 Å². The van der Waals surface area contributed by atoms with Gasteiger partial charge in [-0.2, -0.15) is 0 Å². The lowest BCUT2D eigenvalue weighted by atomic mass is 10.2. The molecule has 1 aliphatic rings. The molecule has 0 aliphatic carbocycles. The second-order valence-electron chi connectivity index (χ2n) is 5.66. The molecule has 0 saturated carbocycles. The monoisotopic (exact) mass is 352 g/mol. The molecule has 2 N–H and O–H groups in total. The van der Waals surface area contributed by atoms with Crippen LogP contribution in [0.2, 0.25) is 0 Å². The molecular weight excluding hydrogens is 332 g/mol. The molecule has 2 rings (SSSR count). The van der Waals surface area contributed by atoms with E-state index in [4.69, 9.17) is 17.0 Å². The van der Waals surface area contributed by atoms with Gasteiger partial charge < -0.3 is 20.3 Å². The average molecular weight is 352 g/mol. The van der Waals surface area contributed by atoms with E-state index in [1.807, 2.05) is 4.90 Å². The molecule has 1 amide bonds. The number of carbonyl (C=O) groups excluding carboxylic acids is 1. The fraction of sp³-hybridized carbons (Fsp3) is 0.467. The molecule has 9 heteroatoms. The number of nitrogens with zero attached hydrogens (tertiary/aromatic N) is 2. The van der Waals surface area contributed by atoms with Gasteiger partial charge in [-0.15, -0.1) is 0 Å². The highest BCUT2D eigenvalue weighted by molar-refractivity contribution is 7.80. The lowest BCUT2D eigenvalue weighted by Gasteiger charge is -2.28. The van der Waals surface area contributed by atoms with Crippen LogP contribution in [0.4, 0.5) is 17.1 Å². The van der Waals surface area contributed by atoms with Gasteiger partial charge in [0.1, 0.15) is 5.69 Å². The van der Waals surface area contributed by atoms with E-state index in [9.17, 15) is 14.9 Å². The van der Waals surface area contributed by atoms with Crippen LogP contribution < -0.4 is 15.5 Å². The van der Waals surface area contributed by atoms with Gasteiger partial charge in [-0.25, -0.2) is 0 Å². The fourth-order valence-corrected chi connectivity index (χ4v) is 2.46. The zero-order chi connectivity index (χ0) is 17.7. The Morgan fingerprint density at radius 3 is 2.62 bits per heavy atom. The first-order chi connectivity index (χ1) is 11.4. The zero-order valence-electron chi connectivity index (χ0n) is 13.6. The number of nitro benzene ring substituents is 1. The standard InChI is InChI=1S/C15H20N4O4S/c1-10(2)14(20)17-15(24)16-11-3-4-12(13(9-11)19(21)22)18-5-7-23-8-6-18/h3-4,9-10H,5-8H2,1-2H3,(H2,16,17,20,24). The SMILES string of the molecule is CC(C)C(=O)NC(=S)Nc1ccc(N2CCOCC2)c([N+](=O)[O-])c1. The molecule has 1 fully saturated rings. The smallest absolute Gasteiger partial charge is 0.294 e. The number of nitro groups is 1. The summed E-state index contributed by atoms with van der Waals surface area (Å²) in [6.07, 6.45) is 0. The number of carbonyl (C=O) groups is 1. The average Bonchev–Trinajstić information content (AvgIpc) is 2.55. The number of thiocarbonyl (C=S) groups is 1. The Labute approximate surface area is 145 Å². The van der Waals surface area contributed by atoms with E-state index in [2.05, 4.69) is 10.6 Å². The summed E-state index contributed by atoms with van der Waals surface area (Å²) >= 11 is 5.06. The normalized spacial score (nSPS) is 14.4. The first-order valence-electron chi connectivity index (χ1n) is 7.61.